The molecule has 1 heterocycles. The van der Waals surface area contributed by atoms with Crippen LogP contribution in [-0.2, 0) is 9.59 Å². The first-order chi connectivity index (χ1) is 8.90. The molecular formula is C13H14ClFN2O2. The van der Waals surface area contributed by atoms with E-state index in [0.717, 1.165) is 0 Å². The zero-order valence-corrected chi connectivity index (χ0v) is 11.4. The van der Waals surface area contributed by atoms with Gasteiger partial charge in [0.2, 0.25) is 5.91 Å². The van der Waals surface area contributed by atoms with Crippen molar-refractivity contribution in [2.75, 3.05) is 5.32 Å². The first kappa shape index (κ1) is 13.8. The summed E-state index contributed by atoms with van der Waals surface area (Å²) in [6.45, 7) is 3.56. The third kappa shape index (κ3) is 2.71. The highest BCUT2D eigenvalue weighted by Gasteiger charge is 2.39. The maximum atomic E-state index is 13.3. The Hall–Kier alpha value is -1.62. The van der Waals surface area contributed by atoms with Crippen molar-refractivity contribution in [3.8, 4) is 0 Å². The molecule has 1 atom stereocenters. The van der Waals surface area contributed by atoms with Gasteiger partial charge in [-0.1, -0.05) is 11.6 Å². The Balaban J connectivity index is 2.14. The van der Waals surface area contributed by atoms with Crippen LogP contribution < -0.4 is 5.32 Å². The van der Waals surface area contributed by atoms with Gasteiger partial charge in [0.25, 0.3) is 5.91 Å². The van der Waals surface area contributed by atoms with Crippen LogP contribution in [0.3, 0.4) is 0 Å². The quantitative estimate of drug-likeness (QED) is 0.867. The van der Waals surface area contributed by atoms with E-state index in [1.807, 2.05) is 0 Å². The van der Waals surface area contributed by atoms with Crippen molar-refractivity contribution in [3.63, 3.8) is 0 Å². The second-order valence-corrected chi connectivity index (χ2v) is 5.13. The summed E-state index contributed by atoms with van der Waals surface area (Å²) in [5.74, 6) is -1.06. The van der Waals surface area contributed by atoms with Gasteiger partial charge in [-0.05, 0) is 32.0 Å². The number of rotatable bonds is 3. The van der Waals surface area contributed by atoms with Crippen LogP contribution >= 0.6 is 11.6 Å². The number of hydrogen-bond donors (Lipinski definition) is 1. The lowest BCUT2D eigenvalue weighted by Crippen LogP contribution is -2.39. The standard InChI is InChI=1S/C13H14ClFN2O2/c1-7(2)17-12(18)6-11(13(17)19)16-8-3-4-9(14)10(15)5-8/h3-5,7,11,16H,6H2,1-2H3. The number of benzene rings is 1. The molecule has 1 fully saturated rings. The van der Waals surface area contributed by atoms with E-state index in [2.05, 4.69) is 5.32 Å². The Bertz CT molecular complexity index is 533. The largest absolute Gasteiger partial charge is 0.373 e. The molecule has 1 aliphatic rings. The van der Waals surface area contributed by atoms with Gasteiger partial charge in [0.15, 0.2) is 0 Å². The molecule has 6 heteroatoms. The van der Waals surface area contributed by atoms with Crippen LogP contribution in [0.25, 0.3) is 0 Å². The number of nitrogens with one attached hydrogen (secondary N) is 1. The molecular weight excluding hydrogens is 271 g/mol. The lowest BCUT2D eigenvalue weighted by molar-refractivity contribution is -0.140. The Kier molecular flexibility index (Phi) is 3.75. The minimum absolute atomic E-state index is 0.0168. The minimum atomic E-state index is -0.643. The van der Waals surface area contributed by atoms with Gasteiger partial charge >= 0.3 is 0 Å². The van der Waals surface area contributed by atoms with Gasteiger partial charge in [0.05, 0.1) is 11.4 Å². The summed E-state index contributed by atoms with van der Waals surface area (Å²) in [5, 5.41) is 2.88. The summed E-state index contributed by atoms with van der Waals surface area (Å²) in [5.41, 5.74) is 0.429. The van der Waals surface area contributed by atoms with Gasteiger partial charge in [-0.2, -0.15) is 0 Å². The molecule has 19 heavy (non-hydrogen) atoms. The van der Waals surface area contributed by atoms with Crippen molar-refractivity contribution in [1.82, 2.24) is 4.90 Å². The van der Waals surface area contributed by atoms with E-state index in [4.69, 9.17) is 11.6 Å². The van der Waals surface area contributed by atoms with Crippen molar-refractivity contribution in [3.05, 3.63) is 29.0 Å². The van der Waals surface area contributed by atoms with E-state index in [9.17, 15) is 14.0 Å². The molecule has 0 saturated carbocycles. The second kappa shape index (κ2) is 5.17. The van der Waals surface area contributed by atoms with Crippen molar-refractivity contribution in [2.45, 2.75) is 32.4 Å². The molecule has 1 aromatic rings. The number of hydrogen-bond acceptors (Lipinski definition) is 3. The second-order valence-electron chi connectivity index (χ2n) is 4.73. The lowest BCUT2D eigenvalue weighted by Gasteiger charge is -2.19. The molecule has 2 rings (SSSR count). The van der Waals surface area contributed by atoms with Gasteiger partial charge in [-0.25, -0.2) is 4.39 Å². The monoisotopic (exact) mass is 284 g/mol. The van der Waals surface area contributed by atoms with Crippen LogP contribution in [0.15, 0.2) is 18.2 Å². The first-order valence-electron chi connectivity index (χ1n) is 5.97. The zero-order valence-electron chi connectivity index (χ0n) is 10.6. The Morgan fingerprint density at radius 2 is 2.11 bits per heavy atom. The highest BCUT2D eigenvalue weighted by Crippen LogP contribution is 2.23. The maximum absolute atomic E-state index is 13.3. The SMILES string of the molecule is CC(C)N1C(=O)CC(Nc2ccc(Cl)c(F)c2)C1=O. The van der Waals surface area contributed by atoms with Crippen LogP contribution in [0.2, 0.25) is 5.02 Å². The molecule has 1 aliphatic heterocycles. The number of carbonyl (C=O) groups is 2. The maximum Gasteiger partial charge on any atom is 0.252 e. The summed E-state index contributed by atoms with van der Waals surface area (Å²) in [7, 11) is 0. The number of imide groups is 1. The third-order valence-electron chi connectivity index (χ3n) is 2.96. The predicted molar refractivity (Wildman–Crippen MR) is 70.4 cm³/mol. The highest BCUT2D eigenvalue weighted by molar-refractivity contribution is 6.30. The molecule has 0 bridgehead atoms. The predicted octanol–water partition coefficient (Wildman–Crippen LogP) is 2.43. The summed E-state index contributed by atoms with van der Waals surface area (Å²) in [4.78, 5) is 25.0. The summed E-state index contributed by atoms with van der Waals surface area (Å²) in [6, 6.07) is 3.37. The highest BCUT2D eigenvalue weighted by atomic mass is 35.5. The molecule has 0 aromatic heterocycles. The Labute approximate surface area is 115 Å². The third-order valence-corrected chi connectivity index (χ3v) is 3.27. The van der Waals surface area contributed by atoms with Crippen LogP contribution in [0.5, 0.6) is 0 Å². The van der Waals surface area contributed by atoms with Gasteiger partial charge in [-0.15, -0.1) is 0 Å². The molecule has 0 radical (unpaired) electrons. The fourth-order valence-corrected chi connectivity index (χ4v) is 2.21. The van der Waals surface area contributed by atoms with Gasteiger partial charge in [-0.3, -0.25) is 14.5 Å². The fourth-order valence-electron chi connectivity index (χ4n) is 2.09. The number of halogens is 2. The Morgan fingerprint density at radius 3 is 2.63 bits per heavy atom. The first-order valence-corrected chi connectivity index (χ1v) is 6.35. The minimum Gasteiger partial charge on any atom is -0.373 e. The zero-order chi connectivity index (χ0) is 14.2. The molecule has 1 saturated heterocycles. The summed E-state index contributed by atoms with van der Waals surface area (Å²) >= 11 is 5.58. The van der Waals surface area contributed by atoms with Crippen LogP contribution in [0, 0.1) is 5.82 Å². The number of carbonyl (C=O) groups excluding carboxylic acids is 2. The topological polar surface area (TPSA) is 49.4 Å². The van der Waals surface area contributed by atoms with Crippen LogP contribution in [0.4, 0.5) is 10.1 Å². The van der Waals surface area contributed by atoms with E-state index < -0.39 is 11.9 Å². The molecule has 1 N–H and O–H groups in total. The van der Waals surface area contributed by atoms with Gasteiger partial charge in [0, 0.05) is 11.7 Å². The number of anilines is 1. The molecule has 1 unspecified atom stereocenters. The fraction of sp³-hybridized carbons (Fsp3) is 0.385. The average Bonchev–Trinajstić information content (AvgIpc) is 2.59. The van der Waals surface area contributed by atoms with Crippen LogP contribution in [0.1, 0.15) is 20.3 Å². The number of amides is 2. The number of nitrogens with zero attached hydrogens (tertiary/aromatic N) is 1. The van der Waals surface area contributed by atoms with Crippen molar-refractivity contribution < 1.29 is 14.0 Å². The van der Waals surface area contributed by atoms with Gasteiger partial charge < -0.3 is 5.32 Å². The number of likely N-dealkylation sites (tertiary alicyclic amines) is 1. The molecule has 0 spiro atoms. The summed E-state index contributed by atoms with van der Waals surface area (Å²) < 4.78 is 13.3. The van der Waals surface area contributed by atoms with E-state index in [1.165, 1.54) is 17.0 Å². The van der Waals surface area contributed by atoms with Crippen molar-refractivity contribution >= 4 is 29.1 Å². The van der Waals surface area contributed by atoms with Gasteiger partial charge in [0.1, 0.15) is 11.9 Å². The molecule has 102 valence electrons. The normalized spacial score (nSPS) is 19.4. The van der Waals surface area contributed by atoms with E-state index in [1.54, 1.807) is 19.9 Å². The van der Waals surface area contributed by atoms with Crippen molar-refractivity contribution in [2.24, 2.45) is 0 Å². The van der Waals surface area contributed by atoms with E-state index in [-0.39, 0.29) is 29.3 Å². The molecule has 4 nitrogen and oxygen atoms in total. The molecule has 0 aliphatic carbocycles. The smallest absolute Gasteiger partial charge is 0.252 e. The summed E-state index contributed by atoms with van der Waals surface area (Å²) in [6.07, 6.45) is 0.0846. The van der Waals surface area contributed by atoms with E-state index >= 15 is 0 Å². The van der Waals surface area contributed by atoms with Crippen molar-refractivity contribution in [1.29, 1.82) is 0 Å². The lowest BCUT2D eigenvalue weighted by atomic mass is 10.2. The average molecular weight is 285 g/mol. The molecule has 1 aromatic carbocycles. The van der Waals surface area contributed by atoms with Crippen LogP contribution in [-0.4, -0.2) is 28.8 Å². The Morgan fingerprint density at radius 1 is 1.42 bits per heavy atom. The molecule has 2 amide bonds. The van der Waals surface area contributed by atoms with E-state index in [0.29, 0.717) is 5.69 Å².